The lowest BCUT2D eigenvalue weighted by Gasteiger charge is -2.20. The highest BCUT2D eigenvalue weighted by Crippen LogP contribution is 2.34. The van der Waals surface area contributed by atoms with E-state index >= 15 is 0 Å². The number of methoxy groups -OCH3 is 1. The van der Waals surface area contributed by atoms with Gasteiger partial charge in [0.05, 0.1) is 13.0 Å². The quantitative estimate of drug-likeness (QED) is 0.891. The standard InChI is InChI=1S/C19H22N2O2/c1-23-18-10-6-5-9-15(18)16-12-20-13-17(16)19(22)21-11-14-7-3-2-4-8-14/h2-10,16-17,20H,11-13H2,1H3,(H,21,22). The first-order chi connectivity index (χ1) is 11.3. The summed E-state index contributed by atoms with van der Waals surface area (Å²) in [4.78, 5) is 12.6. The molecular formula is C19H22N2O2. The van der Waals surface area contributed by atoms with E-state index in [4.69, 9.17) is 4.74 Å². The monoisotopic (exact) mass is 310 g/mol. The van der Waals surface area contributed by atoms with Crippen LogP contribution in [0.5, 0.6) is 5.75 Å². The van der Waals surface area contributed by atoms with Gasteiger partial charge >= 0.3 is 0 Å². The van der Waals surface area contributed by atoms with Crippen LogP contribution in [0.15, 0.2) is 54.6 Å². The molecule has 1 saturated heterocycles. The number of amides is 1. The van der Waals surface area contributed by atoms with Gasteiger partial charge in [-0.3, -0.25) is 4.79 Å². The van der Waals surface area contributed by atoms with Crippen LogP contribution in [-0.2, 0) is 11.3 Å². The fraction of sp³-hybridized carbons (Fsp3) is 0.316. The average Bonchev–Trinajstić information content (AvgIpc) is 3.10. The van der Waals surface area contributed by atoms with Gasteiger partial charge in [0.25, 0.3) is 0 Å². The molecule has 2 unspecified atom stereocenters. The average molecular weight is 310 g/mol. The Morgan fingerprint density at radius 1 is 1.13 bits per heavy atom. The Kier molecular flexibility index (Phi) is 4.93. The molecule has 0 saturated carbocycles. The molecule has 4 nitrogen and oxygen atoms in total. The Morgan fingerprint density at radius 2 is 1.87 bits per heavy atom. The molecule has 0 aliphatic carbocycles. The van der Waals surface area contributed by atoms with Gasteiger partial charge in [-0.25, -0.2) is 0 Å². The van der Waals surface area contributed by atoms with Crippen LogP contribution >= 0.6 is 0 Å². The molecule has 2 aromatic rings. The lowest BCUT2D eigenvalue weighted by Crippen LogP contribution is -2.34. The lowest BCUT2D eigenvalue weighted by molar-refractivity contribution is -0.125. The van der Waals surface area contributed by atoms with Gasteiger partial charge in [0.1, 0.15) is 5.75 Å². The van der Waals surface area contributed by atoms with Gasteiger partial charge in [0, 0.05) is 25.6 Å². The molecule has 0 radical (unpaired) electrons. The number of para-hydroxylation sites is 1. The third kappa shape index (κ3) is 3.54. The van der Waals surface area contributed by atoms with E-state index in [1.165, 1.54) is 0 Å². The Balaban J connectivity index is 1.70. The summed E-state index contributed by atoms with van der Waals surface area (Å²) in [6, 6.07) is 17.9. The van der Waals surface area contributed by atoms with E-state index in [-0.39, 0.29) is 17.7 Å². The van der Waals surface area contributed by atoms with Crippen molar-refractivity contribution in [2.45, 2.75) is 12.5 Å². The molecule has 2 N–H and O–H groups in total. The molecule has 0 aromatic heterocycles. The fourth-order valence-corrected chi connectivity index (χ4v) is 3.17. The zero-order chi connectivity index (χ0) is 16.1. The van der Waals surface area contributed by atoms with Crippen molar-refractivity contribution in [1.29, 1.82) is 0 Å². The van der Waals surface area contributed by atoms with Gasteiger partial charge in [-0.2, -0.15) is 0 Å². The van der Waals surface area contributed by atoms with E-state index in [9.17, 15) is 4.79 Å². The van der Waals surface area contributed by atoms with Crippen molar-refractivity contribution in [3.05, 3.63) is 65.7 Å². The first-order valence-electron chi connectivity index (χ1n) is 7.95. The maximum absolute atomic E-state index is 12.6. The zero-order valence-corrected chi connectivity index (χ0v) is 13.3. The van der Waals surface area contributed by atoms with E-state index < -0.39 is 0 Å². The zero-order valence-electron chi connectivity index (χ0n) is 13.3. The van der Waals surface area contributed by atoms with Crippen molar-refractivity contribution < 1.29 is 9.53 Å². The summed E-state index contributed by atoms with van der Waals surface area (Å²) in [5, 5.41) is 6.39. The molecule has 120 valence electrons. The molecule has 4 heteroatoms. The minimum absolute atomic E-state index is 0.0741. The van der Waals surface area contributed by atoms with E-state index in [1.54, 1.807) is 7.11 Å². The topological polar surface area (TPSA) is 50.4 Å². The molecule has 3 rings (SSSR count). The fourth-order valence-electron chi connectivity index (χ4n) is 3.17. The van der Waals surface area contributed by atoms with Gasteiger partial charge in [-0.1, -0.05) is 48.5 Å². The van der Waals surface area contributed by atoms with Gasteiger partial charge in [0.15, 0.2) is 0 Å². The minimum Gasteiger partial charge on any atom is -0.496 e. The largest absolute Gasteiger partial charge is 0.496 e. The molecule has 1 amide bonds. The molecule has 1 aliphatic heterocycles. The first kappa shape index (κ1) is 15.6. The van der Waals surface area contributed by atoms with Crippen molar-refractivity contribution in [3.63, 3.8) is 0 Å². The molecule has 0 bridgehead atoms. The Bertz CT molecular complexity index is 657. The van der Waals surface area contributed by atoms with Gasteiger partial charge < -0.3 is 15.4 Å². The van der Waals surface area contributed by atoms with Crippen LogP contribution in [0.1, 0.15) is 17.0 Å². The Morgan fingerprint density at radius 3 is 2.65 bits per heavy atom. The maximum atomic E-state index is 12.6. The molecule has 1 heterocycles. The first-order valence-corrected chi connectivity index (χ1v) is 7.95. The SMILES string of the molecule is COc1ccccc1C1CNCC1C(=O)NCc1ccccc1. The van der Waals surface area contributed by atoms with E-state index in [0.29, 0.717) is 13.1 Å². The second-order valence-electron chi connectivity index (χ2n) is 5.82. The number of nitrogens with one attached hydrogen (secondary N) is 2. The summed E-state index contributed by atoms with van der Waals surface area (Å²) < 4.78 is 5.46. The predicted molar refractivity (Wildman–Crippen MR) is 90.4 cm³/mol. The smallest absolute Gasteiger partial charge is 0.225 e. The normalized spacial score (nSPS) is 20.2. The second-order valence-corrected chi connectivity index (χ2v) is 5.82. The molecule has 2 atom stereocenters. The summed E-state index contributed by atoms with van der Waals surface area (Å²) in [5.41, 5.74) is 2.21. The second kappa shape index (κ2) is 7.29. The Labute approximate surface area is 136 Å². The minimum atomic E-state index is -0.0741. The number of hydrogen-bond donors (Lipinski definition) is 2. The van der Waals surface area contributed by atoms with Crippen LogP contribution in [0.25, 0.3) is 0 Å². The number of rotatable bonds is 5. The van der Waals surface area contributed by atoms with Crippen molar-refractivity contribution in [3.8, 4) is 5.75 Å². The van der Waals surface area contributed by atoms with Crippen LogP contribution in [0.4, 0.5) is 0 Å². The van der Waals surface area contributed by atoms with E-state index in [0.717, 1.165) is 23.4 Å². The van der Waals surface area contributed by atoms with Gasteiger partial charge in [0.2, 0.25) is 5.91 Å². The van der Waals surface area contributed by atoms with E-state index in [2.05, 4.69) is 10.6 Å². The summed E-state index contributed by atoms with van der Waals surface area (Å²) in [6.07, 6.45) is 0. The van der Waals surface area contributed by atoms with Gasteiger partial charge in [-0.15, -0.1) is 0 Å². The highest BCUT2D eigenvalue weighted by Gasteiger charge is 2.35. The number of ether oxygens (including phenoxy) is 1. The molecular weight excluding hydrogens is 288 g/mol. The highest BCUT2D eigenvalue weighted by molar-refractivity contribution is 5.80. The van der Waals surface area contributed by atoms with Crippen LogP contribution in [0.3, 0.4) is 0 Å². The maximum Gasteiger partial charge on any atom is 0.225 e. The molecule has 1 fully saturated rings. The highest BCUT2D eigenvalue weighted by atomic mass is 16.5. The van der Waals surface area contributed by atoms with Crippen LogP contribution in [-0.4, -0.2) is 26.1 Å². The lowest BCUT2D eigenvalue weighted by atomic mass is 9.87. The number of carbonyl (C=O) groups is 1. The van der Waals surface area contributed by atoms with Crippen molar-refractivity contribution >= 4 is 5.91 Å². The van der Waals surface area contributed by atoms with Crippen molar-refractivity contribution in [2.24, 2.45) is 5.92 Å². The third-order valence-corrected chi connectivity index (χ3v) is 4.40. The van der Waals surface area contributed by atoms with Crippen molar-refractivity contribution in [1.82, 2.24) is 10.6 Å². The summed E-state index contributed by atoms with van der Waals surface area (Å²) >= 11 is 0. The van der Waals surface area contributed by atoms with Crippen LogP contribution < -0.4 is 15.4 Å². The van der Waals surface area contributed by atoms with E-state index in [1.807, 2.05) is 54.6 Å². The Hall–Kier alpha value is -2.33. The molecule has 1 aliphatic rings. The molecule has 2 aromatic carbocycles. The van der Waals surface area contributed by atoms with Crippen LogP contribution in [0.2, 0.25) is 0 Å². The number of benzene rings is 2. The number of carbonyl (C=O) groups excluding carboxylic acids is 1. The van der Waals surface area contributed by atoms with Crippen molar-refractivity contribution in [2.75, 3.05) is 20.2 Å². The summed E-state index contributed by atoms with van der Waals surface area (Å²) in [6.45, 7) is 2.06. The molecule has 23 heavy (non-hydrogen) atoms. The van der Waals surface area contributed by atoms with Gasteiger partial charge in [-0.05, 0) is 17.2 Å². The summed E-state index contributed by atoms with van der Waals surface area (Å²) in [5.74, 6) is 1.01. The summed E-state index contributed by atoms with van der Waals surface area (Å²) in [7, 11) is 1.67. The third-order valence-electron chi connectivity index (χ3n) is 4.40. The predicted octanol–water partition coefficient (Wildman–Crippen LogP) is 2.31. The van der Waals surface area contributed by atoms with Crippen LogP contribution in [0, 0.1) is 5.92 Å². The number of hydrogen-bond acceptors (Lipinski definition) is 3. The molecule has 0 spiro atoms.